The van der Waals surface area contributed by atoms with Crippen LogP contribution in [0.2, 0.25) is 0 Å². The Morgan fingerprint density at radius 2 is 2.00 bits per heavy atom. The molecule has 0 N–H and O–H groups in total. The van der Waals surface area contributed by atoms with Crippen molar-refractivity contribution >= 4 is 5.91 Å². The number of hydrogen-bond acceptors (Lipinski definition) is 4. The molecule has 2 fully saturated rings. The Bertz CT molecular complexity index is 698. The van der Waals surface area contributed by atoms with Crippen LogP contribution in [0.1, 0.15) is 10.4 Å². The highest BCUT2D eigenvalue weighted by molar-refractivity contribution is 5.94. The maximum atomic E-state index is 13.0. The number of benzene rings is 1. The average molecular weight is 326 g/mol. The monoisotopic (exact) mass is 326 g/mol. The van der Waals surface area contributed by atoms with Gasteiger partial charge >= 0.3 is 0 Å². The SMILES string of the molecule is CN1C[C@@H]2COC[C@H](C1)N(C(=O)c1ccc(-n3ccnc3)cc1)C2. The summed E-state index contributed by atoms with van der Waals surface area (Å²) in [4.78, 5) is 21.4. The average Bonchev–Trinajstić information content (AvgIpc) is 2.98. The lowest BCUT2D eigenvalue weighted by molar-refractivity contribution is 0.0483. The van der Waals surface area contributed by atoms with Crippen LogP contribution < -0.4 is 0 Å². The van der Waals surface area contributed by atoms with Crippen LogP contribution in [0.3, 0.4) is 0 Å². The molecule has 126 valence electrons. The first-order chi connectivity index (χ1) is 11.7. The minimum atomic E-state index is 0.1000. The number of imidazole rings is 1. The van der Waals surface area contributed by atoms with Crippen molar-refractivity contribution in [2.45, 2.75) is 6.04 Å². The number of carbonyl (C=O) groups is 1. The van der Waals surface area contributed by atoms with Gasteiger partial charge in [-0.2, -0.15) is 0 Å². The van der Waals surface area contributed by atoms with Crippen LogP contribution in [0.25, 0.3) is 5.69 Å². The Balaban J connectivity index is 1.56. The number of hydrogen-bond donors (Lipinski definition) is 0. The fraction of sp³-hybridized carbons (Fsp3) is 0.444. The molecule has 2 aliphatic heterocycles. The second-order valence-corrected chi connectivity index (χ2v) is 6.75. The first-order valence-corrected chi connectivity index (χ1v) is 8.36. The van der Waals surface area contributed by atoms with Gasteiger partial charge in [-0.15, -0.1) is 0 Å². The van der Waals surface area contributed by atoms with E-state index in [2.05, 4.69) is 16.9 Å². The quantitative estimate of drug-likeness (QED) is 0.834. The molecular formula is C18H22N4O2. The van der Waals surface area contributed by atoms with Gasteiger partial charge < -0.3 is 19.1 Å². The summed E-state index contributed by atoms with van der Waals surface area (Å²) in [5.74, 6) is 0.486. The molecule has 0 saturated carbocycles. The number of likely N-dealkylation sites (N-methyl/N-ethyl adjacent to an activating group) is 1. The Kier molecular flexibility index (Phi) is 4.08. The third-order valence-corrected chi connectivity index (χ3v) is 4.83. The summed E-state index contributed by atoms with van der Waals surface area (Å²) in [7, 11) is 2.12. The van der Waals surface area contributed by atoms with Gasteiger partial charge in [0.1, 0.15) is 0 Å². The van der Waals surface area contributed by atoms with E-state index in [4.69, 9.17) is 4.74 Å². The van der Waals surface area contributed by atoms with Crippen LogP contribution in [0.5, 0.6) is 0 Å². The predicted molar refractivity (Wildman–Crippen MR) is 90.2 cm³/mol. The summed E-state index contributed by atoms with van der Waals surface area (Å²) in [6.45, 7) is 4.00. The molecule has 6 heteroatoms. The van der Waals surface area contributed by atoms with E-state index in [1.807, 2.05) is 39.9 Å². The van der Waals surface area contributed by atoms with Gasteiger partial charge in [0.05, 0.1) is 25.6 Å². The molecule has 1 aromatic heterocycles. The van der Waals surface area contributed by atoms with Crippen LogP contribution in [0, 0.1) is 5.92 Å². The van der Waals surface area contributed by atoms with Gasteiger partial charge in [0.25, 0.3) is 5.91 Å². The lowest BCUT2D eigenvalue weighted by atomic mass is 10.1. The van der Waals surface area contributed by atoms with Crippen molar-refractivity contribution in [3.8, 4) is 5.69 Å². The number of aromatic nitrogens is 2. The van der Waals surface area contributed by atoms with Gasteiger partial charge in [0.2, 0.25) is 0 Å². The van der Waals surface area contributed by atoms with Gasteiger partial charge in [0, 0.05) is 49.2 Å². The normalized spacial score (nSPS) is 24.6. The fourth-order valence-electron chi connectivity index (χ4n) is 3.68. The van der Waals surface area contributed by atoms with E-state index in [0.29, 0.717) is 12.5 Å². The van der Waals surface area contributed by atoms with Crippen LogP contribution in [-0.4, -0.2) is 71.2 Å². The Hall–Kier alpha value is -2.18. The predicted octanol–water partition coefficient (Wildman–Crippen LogP) is 1.27. The molecule has 2 bridgehead atoms. The molecule has 1 aromatic carbocycles. The van der Waals surface area contributed by atoms with Crippen LogP contribution in [0.4, 0.5) is 0 Å². The summed E-state index contributed by atoms with van der Waals surface area (Å²) >= 11 is 0. The van der Waals surface area contributed by atoms with E-state index in [1.54, 1.807) is 12.5 Å². The van der Waals surface area contributed by atoms with Gasteiger partial charge in [-0.3, -0.25) is 4.79 Å². The maximum Gasteiger partial charge on any atom is 0.254 e. The van der Waals surface area contributed by atoms with Crippen LogP contribution >= 0.6 is 0 Å². The molecule has 6 nitrogen and oxygen atoms in total. The molecule has 3 heterocycles. The topological polar surface area (TPSA) is 50.6 Å². The van der Waals surface area contributed by atoms with Crippen LogP contribution in [-0.2, 0) is 4.74 Å². The number of amides is 1. The Morgan fingerprint density at radius 3 is 2.75 bits per heavy atom. The third-order valence-electron chi connectivity index (χ3n) is 4.83. The maximum absolute atomic E-state index is 13.0. The highest BCUT2D eigenvalue weighted by Crippen LogP contribution is 2.21. The molecule has 0 radical (unpaired) electrons. The molecule has 0 unspecified atom stereocenters. The smallest absolute Gasteiger partial charge is 0.254 e. The van der Waals surface area contributed by atoms with E-state index >= 15 is 0 Å². The molecule has 2 atom stereocenters. The van der Waals surface area contributed by atoms with Crippen molar-refractivity contribution in [3.63, 3.8) is 0 Å². The van der Waals surface area contributed by atoms with E-state index in [-0.39, 0.29) is 11.9 Å². The lowest BCUT2D eigenvalue weighted by Gasteiger charge is -2.29. The van der Waals surface area contributed by atoms with Crippen molar-refractivity contribution in [1.29, 1.82) is 0 Å². The minimum Gasteiger partial charge on any atom is -0.379 e. The van der Waals surface area contributed by atoms with Crippen LogP contribution in [0.15, 0.2) is 43.0 Å². The summed E-state index contributed by atoms with van der Waals surface area (Å²) in [6, 6.07) is 7.85. The number of carbonyl (C=O) groups excluding carboxylic acids is 1. The second kappa shape index (κ2) is 6.37. The summed E-state index contributed by atoms with van der Waals surface area (Å²) in [5, 5.41) is 0. The molecule has 4 rings (SSSR count). The third kappa shape index (κ3) is 2.95. The standard InChI is InChI=1S/C18H22N4O2/c1-20-8-14-9-22(17(10-20)12-24-11-14)18(23)15-2-4-16(5-3-15)21-7-6-19-13-21/h2-7,13-14,17H,8-12H2,1H3/t14-,17-/m0/s1. The van der Waals surface area contributed by atoms with Crippen molar-refractivity contribution in [3.05, 3.63) is 48.5 Å². The second-order valence-electron chi connectivity index (χ2n) is 6.75. The van der Waals surface area contributed by atoms with E-state index in [0.717, 1.165) is 37.5 Å². The molecule has 2 aliphatic rings. The summed E-state index contributed by atoms with van der Waals surface area (Å²) in [5.41, 5.74) is 1.73. The highest BCUT2D eigenvalue weighted by atomic mass is 16.5. The molecule has 2 saturated heterocycles. The number of nitrogens with zero attached hydrogens (tertiary/aromatic N) is 4. The molecule has 0 spiro atoms. The van der Waals surface area contributed by atoms with Crippen molar-refractivity contribution in [2.24, 2.45) is 5.92 Å². The van der Waals surface area contributed by atoms with Crippen molar-refractivity contribution < 1.29 is 9.53 Å². The summed E-state index contributed by atoms with van der Waals surface area (Å²) < 4.78 is 7.69. The molecule has 1 amide bonds. The van der Waals surface area contributed by atoms with Gasteiger partial charge in [0.15, 0.2) is 0 Å². The Labute approximate surface area is 141 Å². The zero-order valence-corrected chi connectivity index (χ0v) is 13.8. The van der Waals surface area contributed by atoms with Gasteiger partial charge in [-0.1, -0.05) is 0 Å². The van der Waals surface area contributed by atoms with E-state index in [9.17, 15) is 4.79 Å². The first-order valence-electron chi connectivity index (χ1n) is 8.36. The lowest BCUT2D eigenvalue weighted by Crippen LogP contribution is -2.45. The minimum absolute atomic E-state index is 0.1000. The number of fused-ring (bicyclic) bond motifs is 3. The number of ether oxygens (including phenoxy) is 1. The van der Waals surface area contributed by atoms with E-state index < -0.39 is 0 Å². The highest BCUT2D eigenvalue weighted by Gasteiger charge is 2.35. The molecule has 0 aliphatic carbocycles. The largest absolute Gasteiger partial charge is 0.379 e. The number of rotatable bonds is 2. The molecular weight excluding hydrogens is 304 g/mol. The van der Waals surface area contributed by atoms with Crippen molar-refractivity contribution in [1.82, 2.24) is 19.4 Å². The molecule has 24 heavy (non-hydrogen) atoms. The summed E-state index contributed by atoms with van der Waals surface area (Å²) in [6.07, 6.45) is 5.39. The first kappa shape index (κ1) is 15.4. The zero-order chi connectivity index (χ0) is 16.5. The Morgan fingerprint density at radius 1 is 1.17 bits per heavy atom. The van der Waals surface area contributed by atoms with E-state index in [1.165, 1.54) is 0 Å². The fourth-order valence-corrected chi connectivity index (χ4v) is 3.68. The zero-order valence-electron chi connectivity index (χ0n) is 13.8. The van der Waals surface area contributed by atoms with Gasteiger partial charge in [-0.05, 0) is 31.3 Å². The van der Waals surface area contributed by atoms with Crippen molar-refractivity contribution in [2.75, 3.05) is 39.9 Å². The van der Waals surface area contributed by atoms with Gasteiger partial charge in [-0.25, -0.2) is 4.98 Å². The molecule has 2 aromatic rings.